The number of hydrogen-bond acceptors (Lipinski definition) is 5. The number of benzene rings is 3. The lowest BCUT2D eigenvalue weighted by Crippen LogP contribution is -2.09. The molecule has 1 aliphatic heterocycles. The van der Waals surface area contributed by atoms with Gasteiger partial charge < -0.3 is 8.92 Å². The smallest absolute Gasteiger partial charge is 0.339 e. The van der Waals surface area contributed by atoms with E-state index in [1.807, 2.05) is 38.1 Å². The Balaban J connectivity index is 1.61. The summed E-state index contributed by atoms with van der Waals surface area (Å²) < 4.78 is 35.9. The van der Waals surface area contributed by atoms with Crippen LogP contribution in [0.2, 0.25) is 0 Å². The van der Waals surface area contributed by atoms with E-state index in [1.54, 1.807) is 18.2 Å². The van der Waals surface area contributed by atoms with E-state index in [4.69, 9.17) is 8.92 Å². The van der Waals surface area contributed by atoms with Crippen LogP contribution >= 0.6 is 0 Å². The van der Waals surface area contributed by atoms with Gasteiger partial charge in [-0.25, -0.2) is 0 Å². The fourth-order valence-corrected chi connectivity index (χ4v) is 3.91. The molecule has 0 fully saturated rings. The molecule has 5 nitrogen and oxygen atoms in total. The third kappa shape index (κ3) is 3.79. The van der Waals surface area contributed by atoms with Gasteiger partial charge >= 0.3 is 10.1 Å². The van der Waals surface area contributed by atoms with Gasteiger partial charge in [-0.3, -0.25) is 4.79 Å². The maximum atomic E-state index is 12.6. The minimum absolute atomic E-state index is 0.0562. The van der Waals surface area contributed by atoms with Crippen molar-refractivity contribution < 1.29 is 22.1 Å². The third-order valence-corrected chi connectivity index (χ3v) is 5.89. The molecule has 0 bridgehead atoms. The van der Waals surface area contributed by atoms with E-state index < -0.39 is 10.1 Å². The zero-order chi connectivity index (χ0) is 20.6. The van der Waals surface area contributed by atoms with Gasteiger partial charge in [-0.1, -0.05) is 42.0 Å². The number of rotatable bonds is 4. The summed E-state index contributed by atoms with van der Waals surface area (Å²) >= 11 is 0. The molecule has 0 unspecified atom stereocenters. The van der Waals surface area contributed by atoms with Crippen molar-refractivity contribution in [3.8, 4) is 11.5 Å². The summed E-state index contributed by atoms with van der Waals surface area (Å²) in [5, 5.41) is 0. The Morgan fingerprint density at radius 1 is 0.931 bits per heavy atom. The molecule has 0 aliphatic carbocycles. The molecule has 6 heteroatoms. The summed E-state index contributed by atoms with van der Waals surface area (Å²) in [6.07, 6.45) is 1.68. The highest BCUT2D eigenvalue weighted by atomic mass is 32.2. The highest BCUT2D eigenvalue weighted by Crippen LogP contribution is 2.35. The van der Waals surface area contributed by atoms with Gasteiger partial charge in [-0.15, -0.1) is 0 Å². The molecular formula is C23H18O5S. The van der Waals surface area contributed by atoms with Crippen molar-refractivity contribution >= 4 is 22.0 Å². The molecule has 0 saturated heterocycles. The van der Waals surface area contributed by atoms with Gasteiger partial charge in [0.2, 0.25) is 5.78 Å². The molecule has 3 aromatic carbocycles. The Hall–Kier alpha value is -3.38. The van der Waals surface area contributed by atoms with Crippen LogP contribution in [0.15, 0.2) is 77.4 Å². The van der Waals surface area contributed by atoms with Crippen LogP contribution in [0.5, 0.6) is 11.5 Å². The molecule has 0 spiro atoms. The van der Waals surface area contributed by atoms with Gasteiger partial charge in [-0.2, -0.15) is 8.42 Å². The summed E-state index contributed by atoms with van der Waals surface area (Å²) in [7, 11) is -3.98. The lowest BCUT2D eigenvalue weighted by molar-refractivity contribution is 0.101. The van der Waals surface area contributed by atoms with Gasteiger partial charge in [0.15, 0.2) is 5.76 Å². The standard InChI is InChI=1S/C23H18O5S/c1-15-7-10-19(11-8-15)29(25,26)28-18-9-12-20-21(14-18)27-22(23(20)24)13-17-6-4-3-5-16(17)2/h3-14H,1-2H3/b22-13-. The summed E-state index contributed by atoms with van der Waals surface area (Å²) in [6, 6.07) is 18.4. The van der Waals surface area contributed by atoms with E-state index in [2.05, 4.69) is 0 Å². The van der Waals surface area contributed by atoms with Crippen molar-refractivity contribution in [3.63, 3.8) is 0 Å². The zero-order valence-corrected chi connectivity index (χ0v) is 16.7. The highest BCUT2D eigenvalue weighted by Gasteiger charge is 2.28. The van der Waals surface area contributed by atoms with Gasteiger partial charge in [0.1, 0.15) is 16.4 Å². The second-order valence-corrected chi connectivity index (χ2v) is 8.35. The number of carbonyl (C=O) groups excluding carboxylic acids is 1. The SMILES string of the molecule is Cc1ccc(S(=O)(=O)Oc2ccc3c(c2)O/C(=C\c2ccccc2C)C3=O)cc1. The number of Topliss-reactive ketones (excluding diaryl/α,β-unsaturated/α-hetero) is 1. The maximum absolute atomic E-state index is 12.6. The molecule has 0 saturated carbocycles. The first-order valence-electron chi connectivity index (χ1n) is 8.98. The molecule has 1 heterocycles. The normalized spacial score (nSPS) is 14.6. The third-order valence-electron chi connectivity index (χ3n) is 4.63. The van der Waals surface area contributed by atoms with E-state index in [9.17, 15) is 13.2 Å². The molecule has 4 rings (SSSR count). The molecule has 29 heavy (non-hydrogen) atoms. The maximum Gasteiger partial charge on any atom is 0.339 e. The van der Waals surface area contributed by atoms with Crippen LogP contribution in [-0.4, -0.2) is 14.2 Å². The number of allylic oxidation sites excluding steroid dienone is 1. The van der Waals surface area contributed by atoms with Gasteiger partial charge in [0.25, 0.3) is 0 Å². The summed E-state index contributed by atoms with van der Waals surface area (Å²) in [5.74, 6) is 0.282. The Labute approximate surface area is 169 Å². The van der Waals surface area contributed by atoms with Crippen LogP contribution in [0.25, 0.3) is 6.08 Å². The number of ether oxygens (including phenoxy) is 1. The predicted octanol–water partition coefficient (Wildman–Crippen LogP) is 4.69. The van der Waals surface area contributed by atoms with Gasteiger partial charge in [0.05, 0.1) is 5.56 Å². The van der Waals surface area contributed by atoms with Crippen molar-refractivity contribution in [2.75, 3.05) is 0 Å². The summed E-state index contributed by atoms with van der Waals surface area (Å²) in [4.78, 5) is 12.7. The first-order chi connectivity index (χ1) is 13.8. The predicted molar refractivity (Wildman–Crippen MR) is 110 cm³/mol. The monoisotopic (exact) mass is 406 g/mol. The molecule has 1 aliphatic rings. The summed E-state index contributed by atoms with van der Waals surface area (Å²) in [5.41, 5.74) is 3.20. The molecular weight excluding hydrogens is 388 g/mol. The number of carbonyl (C=O) groups is 1. The lowest BCUT2D eigenvalue weighted by atomic mass is 10.1. The Kier molecular flexibility index (Phi) is 4.72. The number of aryl methyl sites for hydroxylation is 2. The molecule has 0 atom stereocenters. The summed E-state index contributed by atoms with van der Waals surface area (Å²) in [6.45, 7) is 3.81. The van der Waals surface area contributed by atoms with E-state index in [-0.39, 0.29) is 27.9 Å². The molecule has 0 amide bonds. The van der Waals surface area contributed by atoms with Crippen molar-refractivity contribution in [2.24, 2.45) is 0 Å². The van der Waals surface area contributed by atoms with Crippen LogP contribution in [0.1, 0.15) is 27.0 Å². The molecule has 3 aromatic rings. The second-order valence-electron chi connectivity index (χ2n) is 6.80. The van der Waals surface area contributed by atoms with Gasteiger partial charge in [-0.05, 0) is 55.3 Å². The van der Waals surface area contributed by atoms with Gasteiger partial charge in [0, 0.05) is 6.07 Å². The topological polar surface area (TPSA) is 69.7 Å². The van der Waals surface area contributed by atoms with Crippen LogP contribution in [0.4, 0.5) is 0 Å². The Morgan fingerprint density at radius 3 is 2.38 bits per heavy atom. The fraction of sp³-hybridized carbons (Fsp3) is 0.0870. The van der Waals surface area contributed by atoms with Crippen molar-refractivity contribution in [1.29, 1.82) is 0 Å². The molecule has 0 radical (unpaired) electrons. The lowest BCUT2D eigenvalue weighted by Gasteiger charge is -2.08. The van der Waals surface area contributed by atoms with Crippen LogP contribution in [-0.2, 0) is 10.1 Å². The Bertz CT molecular complexity index is 1240. The zero-order valence-electron chi connectivity index (χ0n) is 15.9. The quantitative estimate of drug-likeness (QED) is 0.464. The molecule has 0 N–H and O–H groups in total. The minimum Gasteiger partial charge on any atom is -0.452 e. The number of hydrogen-bond donors (Lipinski definition) is 0. The molecule has 146 valence electrons. The second kappa shape index (κ2) is 7.22. The van der Waals surface area contributed by atoms with E-state index in [0.29, 0.717) is 5.56 Å². The number of fused-ring (bicyclic) bond motifs is 1. The average molecular weight is 406 g/mol. The first kappa shape index (κ1) is 19.0. The first-order valence-corrected chi connectivity index (χ1v) is 10.4. The fourth-order valence-electron chi connectivity index (χ4n) is 2.99. The van der Waals surface area contributed by atoms with Crippen molar-refractivity contribution in [1.82, 2.24) is 0 Å². The average Bonchev–Trinajstić information content (AvgIpc) is 2.98. The molecule has 0 aromatic heterocycles. The van der Waals surface area contributed by atoms with Crippen LogP contribution in [0.3, 0.4) is 0 Å². The van der Waals surface area contributed by atoms with E-state index >= 15 is 0 Å². The Morgan fingerprint density at radius 2 is 1.66 bits per heavy atom. The van der Waals surface area contributed by atoms with E-state index in [0.717, 1.165) is 16.7 Å². The van der Waals surface area contributed by atoms with Crippen molar-refractivity contribution in [2.45, 2.75) is 18.7 Å². The largest absolute Gasteiger partial charge is 0.452 e. The van der Waals surface area contributed by atoms with E-state index in [1.165, 1.54) is 30.3 Å². The minimum atomic E-state index is -3.98. The number of ketones is 1. The van der Waals surface area contributed by atoms with Crippen LogP contribution in [0, 0.1) is 13.8 Å². The highest BCUT2D eigenvalue weighted by molar-refractivity contribution is 7.87. The van der Waals surface area contributed by atoms with Crippen molar-refractivity contribution in [3.05, 3.63) is 94.7 Å². The van der Waals surface area contributed by atoms with Crippen LogP contribution < -0.4 is 8.92 Å².